The van der Waals surface area contributed by atoms with Gasteiger partial charge in [-0.3, -0.25) is 9.78 Å². The second-order valence-corrected chi connectivity index (χ2v) is 5.12. The summed E-state index contributed by atoms with van der Waals surface area (Å²) >= 11 is 0. The van der Waals surface area contributed by atoms with Crippen LogP contribution in [0.3, 0.4) is 0 Å². The quantitative estimate of drug-likeness (QED) is 0.857. The molecule has 1 aliphatic carbocycles. The lowest BCUT2D eigenvalue weighted by Gasteiger charge is -2.07. The number of aromatic nitrogens is 4. The molecule has 2 aromatic rings. The van der Waals surface area contributed by atoms with Gasteiger partial charge in [0.1, 0.15) is 11.8 Å². The van der Waals surface area contributed by atoms with Crippen LogP contribution < -0.4 is 11.2 Å². The Kier molecular flexibility index (Phi) is 3.28. The molecule has 0 bridgehead atoms. The van der Waals surface area contributed by atoms with E-state index in [1.54, 1.807) is 6.07 Å². The van der Waals surface area contributed by atoms with E-state index in [0.717, 1.165) is 6.20 Å². The number of nitriles is 1. The lowest BCUT2D eigenvalue weighted by Crippen LogP contribution is -2.23. The zero-order valence-electron chi connectivity index (χ0n) is 11.3. The first-order valence-electron chi connectivity index (χ1n) is 6.48. The highest BCUT2D eigenvalue weighted by molar-refractivity contribution is 5.58. The van der Waals surface area contributed by atoms with E-state index in [9.17, 15) is 22.8 Å². The largest absolute Gasteiger partial charge is 0.392 e. The van der Waals surface area contributed by atoms with E-state index >= 15 is 0 Å². The van der Waals surface area contributed by atoms with Gasteiger partial charge in [-0.25, -0.2) is 4.79 Å². The first-order valence-corrected chi connectivity index (χ1v) is 6.48. The Labute approximate surface area is 125 Å². The van der Waals surface area contributed by atoms with Gasteiger partial charge in [-0.1, -0.05) is 0 Å². The summed E-state index contributed by atoms with van der Waals surface area (Å²) in [6, 6.07) is 2.95. The second-order valence-electron chi connectivity index (χ2n) is 5.12. The van der Waals surface area contributed by atoms with E-state index in [2.05, 4.69) is 15.2 Å². The predicted octanol–water partition coefficient (Wildman–Crippen LogP) is 1.06. The van der Waals surface area contributed by atoms with Crippen LogP contribution >= 0.6 is 0 Å². The number of nitrogens with zero attached hydrogens (tertiary/aromatic N) is 3. The van der Waals surface area contributed by atoms with Crippen molar-refractivity contribution in [2.45, 2.75) is 18.5 Å². The fraction of sp³-hybridized carbons (Fsp3) is 0.308. The fourth-order valence-corrected chi connectivity index (χ4v) is 2.41. The Morgan fingerprint density at radius 2 is 2.04 bits per heavy atom. The standard InChI is InChI=1S/C13H8F3N5O2/c14-13(15,16)8-1-5(8)6-2-9(20-21-10(6)3-17)7-4-18-12(23)19-11(7)22/h2,4-5,8H,1H2,(H2,18,19,22,23)/t5?,8-/m0/s1. The van der Waals surface area contributed by atoms with E-state index in [1.807, 2.05) is 4.98 Å². The Morgan fingerprint density at radius 1 is 1.30 bits per heavy atom. The molecule has 0 amide bonds. The van der Waals surface area contributed by atoms with Crippen molar-refractivity contribution in [1.82, 2.24) is 20.2 Å². The zero-order chi connectivity index (χ0) is 16.8. The van der Waals surface area contributed by atoms with Crippen LogP contribution in [0.2, 0.25) is 0 Å². The van der Waals surface area contributed by atoms with E-state index in [-0.39, 0.29) is 28.9 Å². The fourth-order valence-electron chi connectivity index (χ4n) is 2.41. The summed E-state index contributed by atoms with van der Waals surface area (Å²) in [4.78, 5) is 26.9. The van der Waals surface area contributed by atoms with Gasteiger partial charge >= 0.3 is 11.9 Å². The van der Waals surface area contributed by atoms with Crippen LogP contribution in [-0.4, -0.2) is 26.3 Å². The van der Waals surface area contributed by atoms with Gasteiger partial charge in [0.25, 0.3) is 5.56 Å². The van der Waals surface area contributed by atoms with Crippen molar-refractivity contribution in [3.8, 4) is 17.3 Å². The molecule has 0 saturated heterocycles. The van der Waals surface area contributed by atoms with Gasteiger partial charge in [-0.15, -0.1) is 10.2 Å². The van der Waals surface area contributed by atoms with Gasteiger partial charge in [0.05, 0.1) is 11.5 Å². The Bertz CT molecular complexity index is 925. The molecule has 1 fully saturated rings. The number of rotatable bonds is 2. The number of halogens is 3. The van der Waals surface area contributed by atoms with Gasteiger partial charge in [0.2, 0.25) is 0 Å². The Balaban J connectivity index is 2.06. The van der Waals surface area contributed by atoms with Crippen molar-refractivity contribution in [2.24, 2.45) is 5.92 Å². The molecule has 2 N–H and O–H groups in total. The molecule has 0 aromatic carbocycles. The van der Waals surface area contributed by atoms with Crippen LogP contribution in [-0.2, 0) is 0 Å². The first kappa shape index (κ1) is 15.0. The summed E-state index contributed by atoms with van der Waals surface area (Å²) in [6.45, 7) is 0. The van der Waals surface area contributed by atoms with Crippen LogP contribution in [0, 0.1) is 17.2 Å². The summed E-state index contributed by atoms with van der Waals surface area (Å²) in [5.74, 6) is -2.40. The molecule has 0 spiro atoms. The smallest absolute Gasteiger partial charge is 0.313 e. The van der Waals surface area contributed by atoms with E-state index in [0.29, 0.717) is 0 Å². The van der Waals surface area contributed by atoms with Crippen molar-refractivity contribution in [3.63, 3.8) is 0 Å². The first-order chi connectivity index (χ1) is 10.8. The maximum absolute atomic E-state index is 12.7. The van der Waals surface area contributed by atoms with Crippen molar-refractivity contribution in [2.75, 3.05) is 0 Å². The van der Waals surface area contributed by atoms with Crippen LogP contribution in [0.4, 0.5) is 13.2 Å². The molecule has 2 aromatic heterocycles. The number of aromatic amines is 2. The summed E-state index contributed by atoms with van der Waals surface area (Å²) in [5, 5.41) is 16.3. The molecule has 0 radical (unpaired) electrons. The van der Waals surface area contributed by atoms with Gasteiger partial charge in [0, 0.05) is 6.20 Å². The zero-order valence-corrected chi connectivity index (χ0v) is 11.3. The van der Waals surface area contributed by atoms with Crippen LogP contribution in [0.5, 0.6) is 0 Å². The van der Waals surface area contributed by atoms with Crippen molar-refractivity contribution in [1.29, 1.82) is 5.26 Å². The van der Waals surface area contributed by atoms with Crippen molar-refractivity contribution >= 4 is 0 Å². The lowest BCUT2D eigenvalue weighted by atomic mass is 10.1. The average molecular weight is 323 g/mol. The van der Waals surface area contributed by atoms with Crippen molar-refractivity contribution in [3.05, 3.63) is 44.4 Å². The van der Waals surface area contributed by atoms with E-state index in [4.69, 9.17) is 5.26 Å². The van der Waals surface area contributed by atoms with Crippen LogP contribution in [0.25, 0.3) is 11.3 Å². The van der Waals surface area contributed by atoms with Gasteiger partial charge in [0.15, 0.2) is 5.69 Å². The maximum Gasteiger partial charge on any atom is 0.392 e. The SMILES string of the molecule is N#Cc1nnc(-c2c[nH]c(=O)[nH]c2=O)cc1C1C[C@@H]1C(F)(F)F. The number of hydrogen-bond donors (Lipinski definition) is 2. The highest BCUT2D eigenvalue weighted by atomic mass is 19.4. The molecule has 2 atom stereocenters. The second kappa shape index (κ2) is 5.05. The minimum absolute atomic E-state index is 0.00988. The van der Waals surface area contributed by atoms with E-state index in [1.165, 1.54) is 6.07 Å². The molecule has 1 saturated carbocycles. The molecule has 1 aliphatic rings. The van der Waals surface area contributed by atoms with E-state index < -0.39 is 29.3 Å². The van der Waals surface area contributed by atoms with Crippen molar-refractivity contribution < 1.29 is 13.2 Å². The van der Waals surface area contributed by atoms with Gasteiger partial charge in [-0.2, -0.15) is 18.4 Å². The average Bonchev–Trinajstić information content (AvgIpc) is 3.27. The molecule has 3 rings (SSSR count). The summed E-state index contributed by atoms with van der Waals surface area (Å²) in [7, 11) is 0. The predicted molar refractivity (Wildman–Crippen MR) is 70.3 cm³/mol. The molecule has 118 valence electrons. The molecule has 7 nitrogen and oxygen atoms in total. The third-order valence-corrected chi connectivity index (χ3v) is 3.63. The highest BCUT2D eigenvalue weighted by Gasteiger charge is 2.57. The number of hydrogen-bond acceptors (Lipinski definition) is 5. The monoisotopic (exact) mass is 323 g/mol. The summed E-state index contributed by atoms with van der Waals surface area (Å²) in [5.41, 5.74) is -1.63. The molecule has 2 heterocycles. The minimum atomic E-state index is -4.35. The summed E-state index contributed by atoms with van der Waals surface area (Å²) in [6.07, 6.45) is -3.39. The summed E-state index contributed by atoms with van der Waals surface area (Å²) < 4.78 is 38.2. The molecule has 10 heteroatoms. The lowest BCUT2D eigenvalue weighted by molar-refractivity contribution is -0.148. The molecular weight excluding hydrogens is 315 g/mol. The molecular formula is C13H8F3N5O2. The number of H-pyrrole nitrogens is 2. The van der Waals surface area contributed by atoms with Gasteiger partial charge < -0.3 is 4.98 Å². The minimum Gasteiger partial charge on any atom is -0.313 e. The molecule has 0 aliphatic heterocycles. The maximum atomic E-state index is 12.7. The van der Waals surface area contributed by atoms with Crippen LogP contribution in [0.15, 0.2) is 21.9 Å². The molecule has 1 unspecified atom stereocenters. The van der Waals surface area contributed by atoms with Crippen LogP contribution in [0.1, 0.15) is 23.6 Å². The number of alkyl halides is 3. The Hall–Kier alpha value is -2.96. The molecule has 23 heavy (non-hydrogen) atoms. The number of nitrogens with one attached hydrogen (secondary N) is 2. The topological polar surface area (TPSA) is 115 Å². The highest BCUT2D eigenvalue weighted by Crippen LogP contribution is 2.56. The van der Waals surface area contributed by atoms with Gasteiger partial charge in [-0.05, 0) is 24.0 Å². The third-order valence-electron chi connectivity index (χ3n) is 3.63. The normalized spacial score (nSPS) is 20.1. The Morgan fingerprint density at radius 3 is 2.61 bits per heavy atom. The third kappa shape index (κ3) is 2.73.